The number of hydrogen-bond donors (Lipinski definition) is 0. The molecule has 0 amide bonds. The first-order valence-corrected chi connectivity index (χ1v) is 7.34. The van der Waals surface area contributed by atoms with Gasteiger partial charge in [0.25, 0.3) is 0 Å². The molecule has 1 aliphatic rings. The number of carbonyl (C=O) groups excluding carboxylic acids is 1. The molecule has 0 N–H and O–H groups in total. The Morgan fingerprint density at radius 3 is 2.50 bits per heavy atom. The lowest BCUT2D eigenvalue weighted by Gasteiger charge is -2.40. The van der Waals surface area contributed by atoms with Gasteiger partial charge in [-0.3, -0.25) is 9.69 Å². The van der Waals surface area contributed by atoms with E-state index < -0.39 is 0 Å². The van der Waals surface area contributed by atoms with Crippen molar-refractivity contribution < 1.29 is 9.21 Å². The fourth-order valence-electron chi connectivity index (χ4n) is 3.34. The quantitative estimate of drug-likeness (QED) is 0.794. The highest BCUT2D eigenvalue weighted by atomic mass is 16.3. The number of Topliss-reactive ketones (excluding diaryl/α,β-unsaturated/α-hetero) is 1. The molecule has 1 aromatic carbocycles. The second kappa shape index (κ2) is 5.06. The number of hydrogen-bond acceptors (Lipinski definition) is 3. The molecule has 0 spiro atoms. The van der Waals surface area contributed by atoms with E-state index in [0.29, 0.717) is 5.76 Å². The molecule has 0 bridgehead atoms. The van der Waals surface area contributed by atoms with E-state index in [1.165, 1.54) is 6.42 Å². The third-order valence-electron chi connectivity index (χ3n) is 4.61. The van der Waals surface area contributed by atoms with Crippen LogP contribution in [0.3, 0.4) is 0 Å². The first kappa shape index (κ1) is 13.4. The van der Waals surface area contributed by atoms with Crippen molar-refractivity contribution >= 4 is 16.8 Å². The topological polar surface area (TPSA) is 33.5 Å². The van der Waals surface area contributed by atoms with E-state index in [1.54, 1.807) is 0 Å². The largest absolute Gasteiger partial charge is 0.453 e. The van der Waals surface area contributed by atoms with Crippen LogP contribution in [-0.2, 0) is 0 Å². The summed E-state index contributed by atoms with van der Waals surface area (Å²) in [5, 5.41) is 1.00. The van der Waals surface area contributed by atoms with Crippen LogP contribution >= 0.6 is 0 Å². The predicted molar refractivity (Wildman–Crippen MR) is 80.0 cm³/mol. The molecule has 1 heterocycles. The van der Waals surface area contributed by atoms with Crippen molar-refractivity contribution in [2.24, 2.45) is 0 Å². The molecule has 3 rings (SSSR count). The summed E-state index contributed by atoms with van der Waals surface area (Å²) < 4.78 is 5.78. The Balaban J connectivity index is 2.00. The van der Waals surface area contributed by atoms with E-state index in [1.807, 2.05) is 44.4 Å². The molecule has 0 radical (unpaired) electrons. The number of likely N-dealkylation sites (N-methyl/N-ethyl adjacent to an activating group) is 1. The third-order valence-corrected chi connectivity index (χ3v) is 4.61. The molecule has 0 saturated heterocycles. The van der Waals surface area contributed by atoms with E-state index in [4.69, 9.17) is 4.42 Å². The monoisotopic (exact) mass is 271 g/mol. The lowest BCUT2D eigenvalue weighted by Crippen LogP contribution is -2.52. The number of nitrogens with zero attached hydrogens (tertiary/aromatic N) is 1. The van der Waals surface area contributed by atoms with Crippen LogP contribution in [-0.4, -0.2) is 30.3 Å². The lowest BCUT2D eigenvalue weighted by atomic mass is 9.77. The van der Waals surface area contributed by atoms with Crippen LogP contribution < -0.4 is 0 Å². The van der Waals surface area contributed by atoms with Gasteiger partial charge in [0, 0.05) is 5.39 Å². The third kappa shape index (κ3) is 2.06. The van der Waals surface area contributed by atoms with Crippen LogP contribution in [0.4, 0.5) is 0 Å². The van der Waals surface area contributed by atoms with Gasteiger partial charge in [-0.05, 0) is 39.1 Å². The van der Waals surface area contributed by atoms with Crippen molar-refractivity contribution in [3.8, 4) is 0 Å². The van der Waals surface area contributed by atoms with Gasteiger partial charge < -0.3 is 4.42 Å². The summed E-state index contributed by atoms with van der Waals surface area (Å²) in [6.07, 6.45) is 5.31. The molecule has 1 aliphatic carbocycles. The summed E-state index contributed by atoms with van der Waals surface area (Å²) >= 11 is 0. The second-order valence-electron chi connectivity index (χ2n) is 5.96. The molecule has 106 valence electrons. The van der Waals surface area contributed by atoms with E-state index >= 15 is 0 Å². The summed E-state index contributed by atoms with van der Waals surface area (Å²) in [6, 6.07) is 9.68. The molecule has 3 nitrogen and oxygen atoms in total. The van der Waals surface area contributed by atoms with Crippen LogP contribution in [0.15, 0.2) is 34.7 Å². The minimum atomic E-state index is -0.383. The van der Waals surface area contributed by atoms with E-state index in [0.717, 1.165) is 36.7 Å². The number of ketones is 1. The predicted octanol–water partition coefficient (Wildman–Crippen LogP) is 3.88. The molecule has 0 unspecified atom stereocenters. The molecule has 0 aliphatic heterocycles. The van der Waals surface area contributed by atoms with Gasteiger partial charge in [0.2, 0.25) is 5.78 Å². The summed E-state index contributed by atoms with van der Waals surface area (Å²) in [6.45, 7) is 0. The molecular formula is C17H21NO2. The maximum Gasteiger partial charge on any atom is 0.218 e. The van der Waals surface area contributed by atoms with Crippen LogP contribution in [0.2, 0.25) is 0 Å². The SMILES string of the molecule is CN(C)C1(C(=O)c2cc3ccccc3o2)CCCCC1. The average Bonchev–Trinajstić information content (AvgIpc) is 2.90. The zero-order valence-electron chi connectivity index (χ0n) is 12.2. The second-order valence-corrected chi connectivity index (χ2v) is 5.96. The summed E-state index contributed by atoms with van der Waals surface area (Å²) in [4.78, 5) is 15.1. The fourth-order valence-corrected chi connectivity index (χ4v) is 3.34. The Hall–Kier alpha value is -1.61. The molecule has 1 saturated carbocycles. The zero-order chi connectivity index (χ0) is 14.2. The standard InChI is InChI=1S/C17H21NO2/c1-18(2)17(10-6-3-7-11-17)16(19)15-12-13-8-4-5-9-14(13)20-15/h4-5,8-9,12H,3,6-7,10-11H2,1-2H3. The van der Waals surface area contributed by atoms with Crippen molar-refractivity contribution in [2.75, 3.05) is 14.1 Å². The van der Waals surface area contributed by atoms with Gasteiger partial charge in [0.15, 0.2) is 5.76 Å². The molecule has 20 heavy (non-hydrogen) atoms. The van der Waals surface area contributed by atoms with Gasteiger partial charge >= 0.3 is 0 Å². The van der Waals surface area contributed by atoms with Crippen molar-refractivity contribution in [1.29, 1.82) is 0 Å². The molecule has 2 aromatic rings. The highest BCUT2D eigenvalue weighted by Crippen LogP contribution is 2.36. The number of benzene rings is 1. The minimum Gasteiger partial charge on any atom is -0.453 e. The normalized spacial score (nSPS) is 18.6. The van der Waals surface area contributed by atoms with Crippen LogP contribution in [0.5, 0.6) is 0 Å². The molecule has 0 atom stereocenters. The van der Waals surface area contributed by atoms with Gasteiger partial charge in [-0.2, -0.15) is 0 Å². The molecular weight excluding hydrogens is 250 g/mol. The number of furan rings is 1. The minimum absolute atomic E-state index is 0.137. The van der Waals surface area contributed by atoms with Crippen molar-refractivity contribution in [3.05, 3.63) is 36.1 Å². The highest BCUT2D eigenvalue weighted by molar-refractivity contribution is 6.03. The smallest absolute Gasteiger partial charge is 0.218 e. The van der Waals surface area contributed by atoms with E-state index in [9.17, 15) is 4.79 Å². The highest BCUT2D eigenvalue weighted by Gasteiger charge is 2.43. The Bertz CT molecular complexity index is 588. The first-order valence-electron chi connectivity index (χ1n) is 7.34. The van der Waals surface area contributed by atoms with Crippen molar-refractivity contribution in [1.82, 2.24) is 4.90 Å². The number of para-hydroxylation sites is 1. The number of carbonyl (C=O) groups is 1. The van der Waals surface area contributed by atoms with Crippen LogP contribution in [0.1, 0.15) is 42.7 Å². The molecule has 1 aromatic heterocycles. The van der Waals surface area contributed by atoms with Gasteiger partial charge in [-0.1, -0.05) is 37.5 Å². The maximum atomic E-state index is 13.0. The van der Waals surface area contributed by atoms with Crippen molar-refractivity contribution in [3.63, 3.8) is 0 Å². The summed E-state index contributed by atoms with van der Waals surface area (Å²) in [7, 11) is 4.01. The van der Waals surface area contributed by atoms with Crippen LogP contribution in [0.25, 0.3) is 11.0 Å². The number of rotatable bonds is 3. The van der Waals surface area contributed by atoms with Gasteiger partial charge in [0.1, 0.15) is 5.58 Å². The van der Waals surface area contributed by atoms with Crippen molar-refractivity contribution in [2.45, 2.75) is 37.6 Å². The lowest BCUT2D eigenvalue weighted by molar-refractivity contribution is 0.0536. The summed E-state index contributed by atoms with van der Waals surface area (Å²) in [5.74, 6) is 0.639. The van der Waals surface area contributed by atoms with Crippen LogP contribution in [0, 0.1) is 0 Å². The fraction of sp³-hybridized carbons (Fsp3) is 0.471. The molecule has 1 fully saturated rings. The van der Waals surface area contributed by atoms with Gasteiger partial charge in [0.05, 0.1) is 5.54 Å². The van der Waals surface area contributed by atoms with E-state index in [2.05, 4.69) is 4.90 Å². The Morgan fingerprint density at radius 2 is 1.85 bits per heavy atom. The number of fused-ring (bicyclic) bond motifs is 1. The summed E-state index contributed by atoms with van der Waals surface area (Å²) in [5.41, 5.74) is 0.409. The Labute approximate surface area is 119 Å². The van der Waals surface area contributed by atoms with Gasteiger partial charge in [-0.15, -0.1) is 0 Å². The first-order chi connectivity index (χ1) is 9.63. The molecule has 3 heteroatoms. The van der Waals surface area contributed by atoms with Gasteiger partial charge in [-0.25, -0.2) is 0 Å². The van der Waals surface area contributed by atoms with E-state index in [-0.39, 0.29) is 11.3 Å². The maximum absolute atomic E-state index is 13.0. The Morgan fingerprint density at radius 1 is 1.15 bits per heavy atom. The zero-order valence-corrected chi connectivity index (χ0v) is 12.2. The average molecular weight is 271 g/mol. The Kier molecular flexibility index (Phi) is 3.38.